The summed E-state index contributed by atoms with van der Waals surface area (Å²) in [6.45, 7) is 8.79. The number of nitrogens with zero attached hydrogens (tertiary/aromatic N) is 4. The summed E-state index contributed by atoms with van der Waals surface area (Å²) in [7, 11) is 1.75. The van der Waals surface area contributed by atoms with Gasteiger partial charge in [0.25, 0.3) is 0 Å². The highest BCUT2D eigenvalue weighted by molar-refractivity contribution is 7.15. The molecule has 5 nitrogen and oxygen atoms in total. The third-order valence-electron chi connectivity index (χ3n) is 5.47. The second kappa shape index (κ2) is 7.84. The van der Waals surface area contributed by atoms with Crippen molar-refractivity contribution < 1.29 is 4.74 Å². The van der Waals surface area contributed by atoms with Crippen LogP contribution in [-0.4, -0.2) is 55.8 Å². The predicted octanol–water partition coefficient (Wildman–Crippen LogP) is 3.46. The molecule has 3 heterocycles. The van der Waals surface area contributed by atoms with E-state index in [9.17, 15) is 0 Å². The van der Waals surface area contributed by atoms with Gasteiger partial charge in [-0.3, -0.25) is 4.90 Å². The molecule has 0 spiro atoms. The number of aromatic nitrogens is 1. The lowest BCUT2D eigenvalue weighted by Gasteiger charge is -2.41. The molecule has 1 aromatic heterocycles. The lowest BCUT2D eigenvalue weighted by molar-refractivity contribution is 0.182. The van der Waals surface area contributed by atoms with Gasteiger partial charge in [-0.25, -0.2) is 4.98 Å². The largest absolute Gasteiger partial charge is 0.495 e. The molecule has 6 heteroatoms. The number of ether oxygens (including phenoxy) is 1. The average molecular weight is 373 g/mol. The van der Waals surface area contributed by atoms with E-state index in [0.717, 1.165) is 31.9 Å². The minimum Gasteiger partial charge on any atom is -0.495 e. The second-order valence-electron chi connectivity index (χ2n) is 7.24. The summed E-state index contributed by atoms with van der Waals surface area (Å²) in [6, 6.07) is 8.83. The van der Waals surface area contributed by atoms with Crippen LogP contribution in [0.2, 0.25) is 0 Å². The van der Waals surface area contributed by atoms with E-state index in [-0.39, 0.29) is 0 Å². The number of thiazole rings is 1. The Morgan fingerprint density at radius 2 is 1.92 bits per heavy atom. The van der Waals surface area contributed by atoms with Gasteiger partial charge in [-0.2, -0.15) is 0 Å². The minimum atomic E-state index is 0.506. The van der Waals surface area contributed by atoms with Crippen LogP contribution in [0.4, 0.5) is 10.8 Å². The van der Waals surface area contributed by atoms with Crippen molar-refractivity contribution in [1.82, 2.24) is 9.88 Å². The van der Waals surface area contributed by atoms with Gasteiger partial charge < -0.3 is 14.5 Å². The van der Waals surface area contributed by atoms with E-state index in [1.165, 1.54) is 41.6 Å². The van der Waals surface area contributed by atoms with Crippen molar-refractivity contribution in [2.75, 3.05) is 49.6 Å². The second-order valence-corrected chi connectivity index (χ2v) is 8.33. The molecule has 2 saturated heterocycles. The molecule has 4 rings (SSSR count). The zero-order valence-corrected chi connectivity index (χ0v) is 16.5. The molecule has 0 N–H and O–H groups in total. The number of rotatable bonds is 5. The summed E-state index contributed by atoms with van der Waals surface area (Å²) in [5.74, 6) is 0.964. The number of hydrogen-bond donors (Lipinski definition) is 0. The lowest BCUT2D eigenvalue weighted by Crippen LogP contribution is -2.51. The highest BCUT2D eigenvalue weighted by atomic mass is 32.1. The Morgan fingerprint density at radius 3 is 2.69 bits per heavy atom. The van der Waals surface area contributed by atoms with E-state index < -0.39 is 0 Å². The quantitative estimate of drug-likeness (QED) is 0.802. The fraction of sp³-hybridized carbons (Fsp3) is 0.550. The van der Waals surface area contributed by atoms with E-state index in [2.05, 4.69) is 44.9 Å². The molecule has 0 saturated carbocycles. The first-order chi connectivity index (χ1) is 12.7. The van der Waals surface area contributed by atoms with Crippen molar-refractivity contribution >= 4 is 22.2 Å². The van der Waals surface area contributed by atoms with Crippen LogP contribution in [0.5, 0.6) is 5.75 Å². The summed E-state index contributed by atoms with van der Waals surface area (Å²) in [5.41, 5.74) is 1.20. The summed E-state index contributed by atoms with van der Waals surface area (Å²) in [4.78, 5) is 13.5. The summed E-state index contributed by atoms with van der Waals surface area (Å²) >= 11 is 1.87. The van der Waals surface area contributed by atoms with Crippen LogP contribution in [0.25, 0.3) is 0 Å². The van der Waals surface area contributed by atoms with Gasteiger partial charge in [0, 0.05) is 56.4 Å². The monoisotopic (exact) mass is 372 g/mol. The van der Waals surface area contributed by atoms with Gasteiger partial charge in [-0.15, -0.1) is 11.3 Å². The fourth-order valence-electron chi connectivity index (χ4n) is 3.97. The van der Waals surface area contributed by atoms with Gasteiger partial charge in [-0.1, -0.05) is 12.1 Å². The zero-order chi connectivity index (χ0) is 17.9. The van der Waals surface area contributed by atoms with E-state index in [1.807, 2.05) is 23.5 Å². The third-order valence-corrected chi connectivity index (χ3v) is 6.51. The Balaban J connectivity index is 1.38. The molecule has 1 aromatic carbocycles. The molecule has 0 aliphatic carbocycles. The molecule has 1 atom stereocenters. The zero-order valence-electron chi connectivity index (χ0n) is 15.7. The number of hydrogen-bond acceptors (Lipinski definition) is 6. The fourth-order valence-corrected chi connectivity index (χ4v) is 4.95. The molecule has 2 fully saturated rings. The predicted molar refractivity (Wildman–Crippen MR) is 109 cm³/mol. The van der Waals surface area contributed by atoms with Crippen LogP contribution >= 0.6 is 11.3 Å². The molecule has 26 heavy (non-hydrogen) atoms. The van der Waals surface area contributed by atoms with Crippen LogP contribution in [-0.2, 0) is 6.54 Å². The molecule has 2 aromatic rings. The highest BCUT2D eigenvalue weighted by Crippen LogP contribution is 2.31. The summed E-state index contributed by atoms with van der Waals surface area (Å²) in [6.07, 6.45) is 4.69. The third kappa shape index (κ3) is 3.67. The van der Waals surface area contributed by atoms with Crippen LogP contribution < -0.4 is 14.5 Å². The number of piperazine rings is 1. The van der Waals surface area contributed by atoms with E-state index in [1.54, 1.807) is 7.11 Å². The van der Waals surface area contributed by atoms with Crippen molar-refractivity contribution in [2.45, 2.75) is 32.4 Å². The first-order valence-corrected chi connectivity index (χ1v) is 10.4. The van der Waals surface area contributed by atoms with Crippen molar-refractivity contribution in [1.29, 1.82) is 0 Å². The van der Waals surface area contributed by atoms with E-state index in [0.29, 0.717) is 6.04 Å². The Morgan fingerprint density at radius 1 is 1.12 bits per heavy atom. The first kappa shape index (κ1) is 17.6. The highest BCUT2D eigenvalue weighted by Gasteiger charge is 2.26. The SMILES string of the molecule is COc1ccccc1N1CCN(Cc2cnc(N3CCCC3)s2)[C@@H](C)C1. The average Bonchev–Trinajstić information content (AvgIpc) is 3.35. The van der Waals surface area contributed by atoms with Crippen LogP contribution in [0.15, 0.2) is 30.5 Å². The molecular formula is C20H28N4OS. The van der Waals surface area contributed by atoms with Gasteiger partial charge in [0.1, 0.15) is 5.75 Å². The Bertz CT molecular complexity index is 728. The topological polar surface area (TPSA) is 31.8 Å². The molecule has 140 valence electrons. The molecule has 2 aliphatic rings. The standard InChI is InChI=1S/C20H28N4OS/c1-16-14-24(18-7-3-4-8-19(18)25-2)12-11-23(16)15-17-13-21-20(26-17)22-9-5-6-10-22/h3-4,7-8,13,16H,5-6,9-12,14-15H2,1-2H3/t16-/m0/s1. The van der Waals surface area contributed by atoms with Crippen LogP contribution in [0.1, 0.15) is 24.6 Å². The van der Waals surface area contributed by atoms with Gasteiger partial charge >= 0.3 is 0 Å². The summed E-state index contributed by atoms with van der Waals surface area (Å²) < 4.78 is 5.54. The number of methoxy groups -OCH3 is 1. The maximum Gasteiger partial charge on any atom is 0.185 e. The summed E-state index contributed by atoms with van der Waals surface area (Å²) in [5, 5.41) is 1.21. The van der Waals surface area contributed by atoms with Gasteiger partial charge in [0.05, 0.1) is 12.8 Å². The van der Waals surface area contributed by atoms with Crippen molar-refractivity contribution in [3.63, 3.8) is 0 Å². The lowest BCUT2D eigenvalue weighted by atomic mass is 10.1. The number of para-hydroxylation sites is 2. The molecule has 0 amide bonds. The molecule has 0 radical (unpaired) electrons. The molecule has 2 aliphatic heterocycles. The van der Waals surface area contributed by atoms with Crippen LogP contribution in [0, 0.1) is 0 Å². The normalized spacial score (nSPS) is 21.4. The van der Waals surface area contributed by atoms with Gasteiger partial charge in [0.2, 0.25) is 0 Å². The van der Waals surface area contributed by atoms with Gasteiger partial charge in [0.15, 0.2) is 5.13 Å². The first-order valence-electron chi connectivity index (χ1n) is 9.56. The Hall–Kier alpha value is -1.79. The maximum atomic E-state index is 5.54. The Labute approximate surface area is 160 Å². The Kier molecular flexibility index (Phi) is 5.31. The number of anilines is 2. The van der Waals surface area contributed by atoms with Gasteiger partial charge in [-0.05, 0) is 31.9 Å². The van der Waals surface area contributed by atoms with E-state index in [4.69, 9.17) is 4.74 Å². The molecule has 0 unspecified atom stereocenters. The van der Waals surface area contributed by atoms with Crippen molar-refractivity contribution in [2.24, 2.45) is 0 Å². The van der Waals surface area contributed by atoms with Crippen molar-refractivity contribution in [3.8, 4) is 5.75 Å². The molecular weight excluding hydrogens is 344 g/mol. The van der Waals surface area contributed by atoms with Crippen LogP contribution in [0.3, 0.4) is 0 Å². The minimum absolute atomic E-state index is 0.506. The van der Waals surface area contributed by atoms with Crippen molar-refractivity contribution in [3.05, 3.63) is 35.3 Å². The number of benzene rings is 1. The van der Waals surface area contributed by atoms with E-state index >= 15 is 0 Å². The maximum absolute atomic E-state index is 5.54. The smallest absolute Gasteiger partial charge is 0.185 e. The molecule has 0 bridgehead atoms.